The Kier molecular flexibility index (Phi) is 4.31. The third-order valence-corrected chi connectivity index (χ3v) is 5.59. The maximum absolute atomic E-state index is 13.0. The predicted molar refractivity (Wildman–Crippen MR) is 70.5 cm³/mol. The van der Waals surface area contributed by atoms with Gasteiger partial charge in [0.15, 0.2) is 0 Å². The van der Waals surface area contributed by atoms with E-state index in [1.54, 1.807) is 0 Å². The molecule has 0 aliphatic carbocycles. The van der Waals surface area contributed by atoms with E-state index in [0.29, 0.717) is 12.8 Å². The van der Waals surface area contributed by atoms with Crippen molar-refractivity contribution in [3.8, 4) is 0 Å². The van der Waals surface area contributed by atoms with Crippen LogP contribution in [0.4, 0.5) is 4.39 Å². The summed E-state index contributed by atoms with van der Waals surface area (Å²) in [6.07, 6.45) is 0.910. The minimum absolute atomic E-state index is 0.0919. The summed E-state index contributed by atoms with van der Waals surface area (Å²) < 4.78 is 38.9. The van der Waals surface area contributed by atoms with Crippen LogP contribution in [-0.4, -0.2) is 36.9 Å². The Labute approximate surface area is 121 Å². The Morgan fingerprint density at radius 3 is 2.75 bits per heavy atom. The third-order valence-electron chi connectivity index (χ3n) is 3.25. The highest BCUT2D eigenvalue weighted by atomic mass is 35.5. The van der Waals surface area contributed by atoms with Crippen LogP contribution >= 0.6 is 11.6 Å². The minimum Gasteiger partial charge on any atom is -0.481 e. The van der Waals surface area contributed by atoms with Crippen molar-refractivity contribution in [3.05, 3.63) is 29.0 Å². The second-order valence-electron chi connectivity index (χ2n) is 4.62. The lowest BCUT2D eigenvalue weighted by atomic mass is 10.0. The second kappa shape index (κ2) is 5.67. The van der Waals surface area contributed by atoms with E-state index >= 15 is 0 Å². The molecule has 1 aromatic rings. The predicted octanol–water partition coefficient (Wildman–Crippen LogP) is 1.96. The molecular weight excluding hydrogens is 309 g/mol. The average Bonchev–Trinajstić information content (AvgIpc) is 2.38. The maximum Gasteiger partial charge on any atom is 0.307 e. The third kappa shape index (κ3) is 2.94. The first-order chi connectivity index (χ1) is 9.32. The smallest absolute Gasteiger partial charge is 0.307 e. The fourth-order valence-electron chi connectivity index (χ4n) is 2.19. The Morgan fingerprint density at radius 2 is 2.15 bits per heavy atom. The SMILES string of the molecule is O=C(O)C1CCCN(S(=O)(=O)c2ccc(F)cc2Cl)C1. The van der Waals surface area contributed by atoms with E-state index in [9.17, 15) is 17.6 Å². The summed E-state index contributed by atoms with van der Waals surface area (Å²) in [4.78, 5) is 10.8. The summed E-state index contributed by atoms with van der Waals surface area (Å²) >= 11 is 5.77. The zero-order valence-corrected chi connectivity index (χ0v) is 12.0. The standard InChI is InChI=1S/C12H13ClFNO4S/c13-10-6-9(14)3-4-11(10)20(18,19)15-5-1-2-8(7-15)12(16)17/h3-4,6,8H,1-2,5,7H2,(H,16,17). The number of sulfonamides is 1. The summed E-state index contributed by atoms with van der Waals surface area (Å²) in [5.74, 6) is -2.37. The number of carbonyl (C=O) groups is 1. The van der Waals surface area contributed by atoms with Gasteiger partial charge in [-0.15, -0.1) is 0 Å². The first-order valence-electron chi connectivity index (χ1n) is 6.00. The number of rotatable bonds is 3. The molecule has 0 radical (unpaired) electrons. The monoisotopic (exact) mass is 321 g/mol. The number of halogens is 2. The molecule has 2 rings (SSSR count). The lowest BCUT2D eigenvalue weighted by Crippen LogP contribution is -2.42. The van der Waals surface area contributed by atoms with Crippen LogP contribution in [0.1, 0.15) is 12.8 Å². The summed E-state index contributed by atoms with van der Waals surface area (Å²) in [7, 11) is -3.90. The largest absolute Gasteiger partial charge is 0.481 e. The fraction of sp³-hybridized carbons (Fsp3) is 0.417. The minimum atomic E-state index is -3.90. The molecule has 5 nitrogen and oxygen atoms in total. The molecule has 1 aliphatic heterocycles. The molecule has 1 fully saturated rings. The van der Waals surface area contributed by atoms with Crippen molar-refractivity contribution in [1.82, 2.24) is 4.31 Å². The van der Waals surface area contributed by atoms with Gasteiger partial charge in [0.2, 0.25) is 10.0 Å². The van der Waals surface area contributed by atoms with Gasteiger partial charge in [0.1, 0.15) is 10.7 Å². The average molecular weight is 322 g/mol. The Morgan fingerprint density at radius 1 is 1.45 bits per heavy atom. The van der Waals surface area contributed by atoms with E-state index in [4.69, 9.17) is 16.7 Å². The maximum atomic E-state index is 13.0. The molecule has 1 aliphatic rings. The highest BCUT2D eigenvalue weighted by Crippen LogP contribution is 2.28. The molecule has 1 saturated heterocycles. The van der Waals surface area contributed by atoms with Gasteiger partial charge >= 0.3 is 5.97 Å². The fourth-order valence-corrected chi connectivity index (χ4v) is 4.21. The number of aliphatic carboxylic acids is 1. The molecule has 0 amide bonds. The summed E-state index contributed by atoms with van der Waals surface area (Å²) in [6, 6.07) is 3.03. The van der Waals surface area contributed by atoms with Crippen LogP contribution in [0, 0.1) is 11.7 Å². The topological polar surface area (TPSA) is 74.7 Å². The van der Waals surface area contributed by atoms with Gasteiger partial charge in [0.05, 0.1) is 10.9 Å². The van der Waals surface area contributed by atoms with Crippen LogP contribution in [-0.2, 0) is 14.8 Å². The number of nitrogens with zero attached hydrogens (tertiary/aromatic N) is 1. The molecule has 0 saturated carbocycles. The van der Waals surface area contributed by atoms with Crippen molar-refractivity contribution in [2.75, 3.05) is 13.1 Å². The van der Waals surface area contributed by atoms with Gasteiger partial charge in [0, 0.05) is 13.1 Å². The molecule has 1 aromatic carbocycles. The Balaban J connectivity index is 2.32. The van der Waals surface area contributed by atoms with Gasteiger partial charge in [-0.25, -0.2) is 12.8 Å². The quantitative estimate of drug-likeness (QED) is 0.923. The molecule has 8 heteroatoms. The van der Waals surface area contributed by atoms with Crippen molar-refractivity contribution in [2.24, 2.45) is 5.92 Å². The highest BCUT2D eigenvalue weighted by Gasteiger charge is 2.34. The summed E-state index contributed by atoms with van der Waals surface area (Å²) in [6.45, 7) is 0.144. The van der Waals surface area contributed by atoms with E-state index < -0.39 is 27.7 Å². The van der Waals surface area contributed by atoms with Crippen LogP contribution < -0.4 is 0 Å². The lowest BCUT2D eigenvalue weighted by molar-refractivity contribution is -0.142. The van der Waals surface area contributed by atoms with Crippen LogP contribution in [0.2, 0.25) is 5.02 Å². The first-order valence-corrected chi connectivity index (χ1v) is 7.82. The number of hydrogen-bond donors (Lipinski definition) is 1. The van der Waals surface area contributed by atoms with Gasteiger partial charge in [-0.1, -0.05) is 11.6 Å². The van der Waals surface area contributed by atoms with Crippen molar-refractivity contribution >= 4 is 27.6 Å². The van der Waals surface area contributed by atoms with Crippen molar-refractivity contribution < 1.29 is 22.7 Å². The van der Waals surface area contributed by atoms with Gasteiger partial charge < -0.3 is 5.11 Å². The van der Waals surface area contributed by atoms with E-state index in [2.05, 4.69) is 0 Å². The molecule has 0 aromatic heterocycles. The molecular formula is C12H13ClFNO4S. The van der Waals surface area contributed by atoms with Gasteiger partial charge in [-0.2, -0.15) is 4.31 Å². The van der Waals surface area contributed by atoms with Gasteiger partial charge in [0.25, 0.3) is 0 Å². The molecule has 1 unspecified atom stereocenters. The number of carboxylic acids is 1. The van der Waals surface area contributed by atoms with Gasteiger partial charge in [-0.05, 0) is 31.0 Å². The molecule has 1 heterocycles. The number of benzene rings is 1. The van der Waals surface area contributed by atoms with E-state index in [1.165, 1.54) is 0 Å². The number of piperidine rings is 1. The normalized spacial score (nSPS) is 20.8. The molecule has 20 heavy (non-hydrogen) atoms. The van der Waals surface area contributed by atoms with E-state index in [1.807, 2.05) is 0 Å². The lowest BCUT2D eigenvalue weighted by Gasteiger charge is -2.30. The molecule has 110 valence electrons. The van der Waals surface area contributed by atoms with Crippen LogP contribution in [0.5, 0.6) is 0 Å². The van der Waals surface area contributed by atoms with Gasteiger partial charge in [-0.3, -0.25) is 4.79 Å². The second-order valence-corrected chi connectivity index (χ2v) is 6.93. The molecule has 1 atom stereocenters. The van der Waals surface area contributed by atoms with E-state index in [0.717, 1.165) is 22.5 Å². The Hall–Kier alpha value is -1.18. The number of hydrogen-bond acceptors (Lipinski definition) is 3. The zero-order valence-electron chi connectivity index (χ0n) is 10.4. The van der Waals surface area contributed by atoms with Crippen molar-refractivity contribution in [1.29, 1.82) is 0 Å². The summed E-state index contributed by atoms with van der Waals surface area (Å²) in [5, 5.41) is 8.78. The van der Waals surface area contributed by atoms with Crippen LogP contribution in [0.25, 0.3) is 0 Å². The first kappa shape index (κ1) is 15.2. The van der Waals surface area contributed by atoms with Crippen LogP contribution in [0.3, 0.4) is 0 Å². The van der Waals surface area contributed by atoms with Crippen LogP contribution in [0.15, 0.2) is 23.1 Å². The molecule has 1 N–H and O–H groups in total. The molecule has 0 bridgehead atoms. The highest BCUT2D eigenvalue weighted by molar-refractivity contribution is 7.89. The van der Waals surface area contributed by atoms with Crippen molar-refractivity contribution in [2.45, 2.75) is 17.7 Å². The number of carboxylic acid groups (broad SMARTS) is 1. The summed E-state index contributed by atoms with van der Waals surface area (Å²) in [5.41, 5.74) is 0. The Bertz CT molecular complexity index is 634. The zero-order chi connectivity index (χ0) is 14.9. The molecule has 0 spiro atoms. The van der Waals surface area contributed by atoms with Crippen molar-refractivity contribution in [3.63, 3.8) is 0 Å². The van der Waals surface area contributed by atoms with E-state index in [-0.39, 0.29) is 23.0 Å².